The highest BCUT2D eigenvalue weighted by Crippen LogP contribution is 2.24. The molecule has 3 N–H and O–H groups in total. The zero-order valence-electron chi connectivity index (χ0n) is 22.4. The minimum atomic E-state index is -4.20. The Hall–Kier alpha value is -4.10. The summed E-state index contributed by atoms with van der Waals surface area (Å²) in [5.74, 6) is -2.18. The monoisotopic (exact) mass is 570 g/mol. The van der Waals surface area contributed by atoms with E-state index in [9.17, 15) is 23.1 Å². The van der Waals surface area contributed by atoms with E-state index in [1.807, 2.05) is 16.7 Å². The van der Waals surface area contributed by atoms with Crippen LogP contribution in [0.25, 0.3) is 0 Å². The first-order valence-electron chi connectivity index (χ1n) is 12.6. The molecule has 212 valence electrons. The van der Waals surface area contributed by atoms with Crippen LogP contribution in [0.15, 0.2) is 53.7 Å². The molecule has 40 heavy (non-hydrogen) atoms. The number of aliphatic carboxylic acids is 1. The fraction of sp³-hybridized carbons (Fsp3) is 0.333. The second-order valence-corrected chi connectivity index (χ2v) is 11.3. The van der Waals surface area contributed by atoms with Crippen molar-refractivity contribution in [1.29, 1.82) is 0 Å². The van der Waals surface area contributed by atoms with Crippen molar-refractivity contribution < 1.29 is 27.5 Å². The lowest BCUT2D eigenvalue weighted by Gasteiger charge is -2.36. The highest BCUT2D eigenvalue weighted by molar-refractivity contribution is 7.89. The first-order valence-corrected chi connectivity index (χ1v) is 14.1. The van der Waals surface area contributed by atoms with Gasteiger partial charge in [0.2, 0.25) is 16.0 Å². The van der Waals surface area contributed by atoms with Gasteiger partial charge in [0.1, 0.15) is 11.9 Å². The van der Waals surface area contributed by atoms with E-state index in [0.717, 1.165) is 11.6 Å². The molecule has 1 aromatic heterocycles. The zero-order valence-corrected chi connectivity index (χ0v) is 23.2. The van der Waals surface area contributed by atoms with Crippen LogP contribution in [-0.2, 0) is 14.8 Å². The summed E-state index contributed by atoms with van der Waals surface area (Å²) in [6, 6.07) is 7.50. The Morgan fingerprint density at radius 2 is 1.60 bits per heavy atom. The lowest BCUT2D eigenvalue weighted by Crippen LogP contribution is -2.48. The molecule has 0 spiro atoms. The van der Waals surface area contributed by atoms with Crippen molar-refractivity contribution in [2.24, 2.45) is 0 Å². The quantitative estimate of drug-likeness (QED) is 0.352. The van der Waals surface area contributed by atoms with Crippen LogP contribution >= 0.6 is 0 Å². The van der Waals surface area contributed by atoms with Gasteiger partial charge in [-0.2, -0.15) is 4.72 Å². The fourth-order valence-electron chi connectivity index (χ4n) is 4.82. The maximum absolute atomic E-state index is 15.0. The summed E-state index contributed by atoms with van der Waals surface area (Å²) in [4.78, 5) is 36.9. The third-order valence-corrected chi connectivity index (χ3v) is 8.38. The number of nitrogens with one attached hydrogen (secondary N) is 2. The molecule has 4 rings (SSSR count). The Morgan fingerprint density at radius 1 is 1.00 bits per heavy atom. The number of aromatic nitrogens is 2. The van der Waals surface area contributed by atoms with Crippen molar-refractivity contribution in [3.63, 3.8) is 0 Å². The highest BCUT2D eigenvalue weighted by Gasteiger charge is 2.29. The summed E-state index contributed by atoms with van der Waals surface area (Å²) >= 11 is 0. The van der Waals surface area contributed by atoms with Gasteiger partial charge in [0.25, 0.3) is 5.91 Å². The molecule has 0 saturated carbocycles. The van der Waals surface area contributed by atoms with Crippen LogP contribution in [0.4, 0.5) is 16.0 Å². The average Bonchev–Trinajstić information content (AvgIpc) is 2.90. The molecule has 1 fully saturated rings. The Kier molecular flexibility index (Phi) is 8.64. The molecule has 13 heteroatoms. The van der Waals surface area contributed by atoms with Gasteiger partial charge in [-0.15, -0.1) is 0 Å². The van der Waals surface area contributed by atoms with Gasteiger partial charge >= 0.3 is 5.97 Å². The van der Waals surface area contributed by atoms with E-state index < -0.39 is 40.3 Å². The van der Waals surface area contributed by atoms with E-state index in [4.69, 9.17) is 0 Å². The van der Waals surface area contributed by atoms with Crippen molar-refractivity contribution in [2.45, 2.75) is 31.7 Å². The molecule has 1 saturated heterocycles. The fourth-order valence-corrected chi connectivity index (χ4v) is 6.46. The van der Waals surface area contributed by atoms with E-state index in [2.05, 4.69) is 20.0 Å². The molecule has 1 atom stereocenters. The molecule has 0 bridgehead atoms. The van der Waals surface area contributed by atoms with Crippen molar-refractivity contribution in [1.82, 2.24) is 20.0 Å². The maximum Gasteiger partial charge on any atom is 0.323 e. The van der Waals surface area contributed by atoms with E-state index >= 15 is 4.39 Å². The number of amides is 1. The molecule has 1 aliphatic rings. The Morgan fingerprint density at radius 3 is 2.17 bits per heavy atom. The standard InChI is InChI=1S/C27H31FN6O5S/c1-17-13-18(2)24(19(3)14-17)40(38,39)32-22(26(36)37)16-31-25(35)20-5-6-23(21(28)15-20)33-9-11-34(12-10-33)27-29-7-4-8-30-27/h4-8,13-15,22,32H,9-12,16H2,1-3H3,(H,31,35)(H,36,37)/t22-/m0/s1. The summed E-state index contributed by atoms with van der Waals surface area (Å²) < 4.78 is 43.2. The lowest BCUT2D eigenvalue weighted by atomic mass is 10.1. The molecule has 2 aromatic carbocycles. The third-order valence-electron chi connectivity index (χ3n) is 6.60. The van der Waals surface area contributed by atoms with E-state index in [1.165, 1.54) is 12.1 Å². The molecule has 0 radical (unpaired) electrons. The first-order chi connectivity index (χ1) is 19.0. The number of halogens is 1. The molecule has 1 amide bonds. The third kappa shape index (κ3) is 6.54. The molecule has 1 aliphatic heterocycles. The minimum Gasteiger partial charge on any atom is -0.480 e. The summed E-state index contributed by atoms with van der Waals surface area (Å²) in [6.45, 7) is 6.80. The number of carbonyl (C=O) groups excluding carboxylic acids is 1. The molecule has 0 aliphatic carbocycles. The van der Waals surface area contributed by atoms with Crippen molar-refractivity contribution in [2.75, 3.05) is 42.5 Å². The Balaban J connectivity index is 1.39. The van der Waals surface area contributed by atoms with E-state index in [0.29, 0.717) is 48.9 Å². The van der Waals surface area contributed by atoms with Crippen molar-refractivity contribution in [3.05, 3.63) is 76.9 Å². The minimum absolute atomic E-state index is 0.00883. The number of carbonyl (C=O) groups is 2. The van der Waals surface area contributed by atoms with Crippen LogP contribution in [0.5, 0.6) is 0 Å². The molecule has 0 unspecified atom stereocenters. The number of rotatable bonds is 9. The SMILES string of the molecule is Cc1cc(C)c(S(=O)(=O)N[C@@H](CNC(=O)c2ccc(N3CCN(c4ncccn4)CC3)c(F)c2)C(=O)O)c(C)c1. The lowest BCUT2D eigenvalue weighted by molar-refractivity contribution is -0.138. The maximum atomic E-state index is 15.0. The Labute approximate surface area is 232 Å². The number of hydrogen-bond acceptors (Lipinski definition) is 8. The van der Waals surface area contributed by atoms with Crippen LogP contribution in [0.2, 0.25) is 0 Å². The predicted octanol–water partition coefficient (Wildman–Crippen LogP) is 2.03. The number of carboxylic acid groups (broad SMARTS) is 1. The first kappa shape index (κ1) is 28.9. The van der Waals surface area contributed by atoms with Gasteiger partial charge in [-0.25, -0.2) is 22.8 Å². The van der Waals surface area contributed by atoms with Crippen LogP contribution in [0, 0.1) is 26.6 Å². The van der Waals surface area contributed by atoms with Crippen molar-refractivity contribution in [3.8, 4) is 0 Å². The smallest absolute Gasteiger partial charge is 0.323 e. The predicted molar refractivity (Wildman–Crippen MR) is 148 cm³/mol. The molecular formula is C27H31FN6O5S. The number of piperazine rings is 1. The molecule has 11 nitrogen and oxygen atoms in total. The van der Waals surface area contributed by atoms with Crippen LogP contribution in [0.1, 0.15) is 27.0 Å². The number of carboxylic acids is 1. The number of nitrogens with zero attached hydrogens (tertiary/aromatic N) is 4. The number of aryl methyl sites for hydroxylation is 3. The molecule has 3 aromatic rings. The van der Waals surface area contributed by atoms with Gasteiger partial charge < -0.3 is 20.2 Å². The van der Waals surface area contributed by atoms with Gasteiger partial charge in [0, 0.05) is 50.7 Å². The van der Waals surface area contributed by atoms with Gasteiger partial charge in [-0.3, -0.25) is 9.59 Å². The van der Waals surface area contributed by atoms with Gasteiger partial charge in [0.05, 0.1) is 10.6 Å². The molecular weight excluding hydrogens is 539 g/mol. The van der Waals surface area contributed by atoms with Crippen LogP contribution in [0.3, 0.4) is 0 Å². The second-order valence-electron chi connectivity index (χ2n) is 9.64. The molecule has 2 heterocycles. The topological polar surface area (TPSA) is 145 Å². The van der Waals surface area contributed by atoms with Gasteiger partial charge in [0.15, 0.2) is 0 Å². The van der Waals surface area contributed by atoms with Crippen LogP contribution in [-0.4, -0.2) is 74.1 Å². The van der Waals surface area contributed by atoms with E-state index in [1.54, 1.807) is 44.4 Å². The highest BCUT2D eigenvalue weighted by atomic mass is 32.2. The summed E-state index contributed by atoms with van der Waals surface area (Å²) in [5.41, 5.74) is 2.14. The summed E-state index contributed by atoms with van der Waals surface area (Å²) in [5, 5.41) is 12.0. The number of benzene rings is 2. The zero-order chi connectivity index (χ0) is 29.0. The number of hydrogen-bond donors (Lipinski definition) is 3. The second kappa shape index (κ2) is 12.0. The van der Waals surface area contributed by atoms with Crippen molar-refractivity contribution >= 4 is 33.5 Å². The number of sulfonamides is 1. The van der Waals surface area contributed by atoms with Crippen LogP contribution < -0.4 is 19.8 Å². The van der Waals surface area contributed by atoms with E-state index in [-0.39, 0.29) is 10.5 Å². The average molecular weight is 571 g/mol. The largest absolute Gasteiger partial charge is 0.480 e. The summed E-state index contributed by atoms with van der Waals surface area (Å²) in [7, 11) is -4.20. The number of anilines is 2. The normalized spacial score (nSPS) is 14.6. The van der Waals surface area contributed by atoms with Gasteiger partial charge in [-0.1, -0.05) is 17.7 Å². The summed E-state index contributed by atoms with van der Waals surface area (Å²) in [6.07, 6.45) is 3.33. The Bertz CT molecular complexity index is 1490. The van der Waals surface area contributed by atoms with Gasteiger partial charge in [-0.05, 0) is 56.2 Å².